The summed E-state index contributed by atoms with van der Waals surface area (Å²) in [6.45, 7) is -3.01. The predicted octanol–water partition coefficient (Wildman–Crippen LogP) is 6.50. The molecule has 9 amide bonds. The maximum absolute atomic E-state index is 15.1. The third kappa shape index (κ3) is 7.14. The van der Waals surface area contributed by atoms with Crippen LogP contribution in [0.4, 0.5) is 14.4 Å². The van der Waals surface area contributed by atoms with Crippen molar-refractivity contribution < 1.29 is 46.9 Å². The molecule has 65 heavy (non-hydrogen) atoms. The molecule has 0 aliphatic carbocycles. The minimum absolute atomic E-state index is 0.352. The van der Waals surface area contributed by atoms with Crippen molar-refractivity contribution in [3.8, 4) is 0 Å². The summed E-state index contributed by atoms with van der Waals surface area (Å²) in [6, 6.07) is 48.0. The molecule has 0 bridgehead atoms. The van der Waals surface area contributed by atoms with Crippen molar-refractivity contribution in [1.29, 1.82) is 0 Å². The second-order valence-corrected chi connectivity index (χ2v) is 16.8. The van der Waals surface area contributed by atoms with Gasteiger partial charge < -0.3 is 10.6 Å². The van der Waals surface area contributed by atoms with Gasteiger partial charge in [-0.3, -0.25) is 38.2 Å². The zero-order valence-electron chi connectivity index (χ0n) is 34.3. The van der Waals surface area contributed by atoms with E-state index in [-0.39, 0.29) is 0 Å². The average molecular weight is 891 g/mol. The molecule has 326 valence electrons. The summed E-state index contributed by atoms with van der Waals surface area (Å²) in [7, 11) is -5.22. The van der Waals surface area contributed by atoms with E-state index in [1.54, 1.807) is 182 Å². The third-order valence-corrected chi connectivity index (χ3v) is 13.0. The van der Waals surface area contributed by atoms with E-state index in [1.165, 1.54) is 0 Å². The number of benzene rings is 6. The first-order valence-electron chi connectivity index (χ1n) is 20.3. The predicted molar refractivity (Wildman–Crippen MR) is 233 cm³/mol. The number of carbonyl (C=O) groups excluding carboxylic acids is 6. The number of phosphoric ester groups is 1. The number of carbonyl (C=O) groups is 6. The first kappa shape index (κ1) is 42.5. The maximum Gasteiger partial charge on any atom is 0.480 e. The normalized spacial score (nSPS) is 17.6. The van der Waals surface area contributed by atoms with Gasteiger partial charge in [0.15, 0.2) is 16.6 Å². The summed E-state index contributed by atoms with van der Waals surface area (Å²) in [5.41, 5.74) is -2.94. The molecule has 3 aliphatic heterocycles. The average Bonchev–Trinajstić information content (AvgIpc) is 3.88. The lowest BCUT2D eigenvalue weighted by atomic mass is 9.82. The number of imide groups is 3. The Morgan fingerprint density at radius 2 is 0.692 bits per heavy atom. The van der Waals surface area contributed by atoms with Crippen LogP contribution in [0.1, 0.15) is 33.4 Å². The van der Waals surface area contributed by atoms with E-state index in [2.05, 4.69) is 16.0 Å². The van der Waals surface area contributed by atoms with Gasteiger partial charge in [0.1, 0.15) is 20.2 Å². The molecule has 17 heteroatoms. The lowest BCUT2D eigenvalue weighted by Crippen LogP contribution is -2.48. The summed E-state index contributed by atoms with van der Waals surface area (Å²) in [6.07, 6.45) is 0. The molecule has 0 spiro atoms. The van der Waals surface area contributed by atoms with Crippen LogP contribution >= 0.6 is 7.82 Å². The highest BCUT2D eigenvalue weighted by molar-refractivity contribution is 7.48. The van der Waals surface area contributed by atoms with Crippen molar-refractivity contribution in [2.24, 2.45) is 0 Å². The van der Waals surface area contributed by atoms with Gasteiger partial charge >= 0.3 is 25.9 Å². The number of hydrogen-bond acceptors (Lipinski definition) is 10. The topological polar surface area (TPSA) is 193 Å². The number of amides is 9. The molecule has 0 saturated carbocycles. The van der Waals surface area contributed by atoms with E-state index in [0.29, 0.717) is 43.2 Å². The second-order valence-electron chi connectivity index (χ2n) is 15.1. The van der Waals surface area contributed by atoms with Gasteiger partial charge in [0.05, 0.1) is 0 Å². The van der Waals surface area contributed by atoms with Crippen molar-refractivity contribution >= 4 is 43.6 Å². The first-order chi connectivity index (χ1) is 31.5. The van der Waals surface area contributed by atoms with Gasteiger partial charge in [-0.2, -0.15) is 0 Å². The quantitative estimate of drug-likeness (QED) is 0.0757. The molecular formula is C48H39N6O10P. The minimum atomic E-state index is -5.22. The van der Waals surface area contributed by atoms with Crippen LogP contribution in [-0.2, 0) is 49.1 Å². The molecule has 0 radical (unpaired) electrons. The largest absolute Gasteiger partial charge is 0.480 e. The number of hydrogen-bond donors (Lipinski definition) is 3. The van der Waals surface area contributed by atoms with Crippen molar-refractivity contribution in [2.45, 2.75) is 16.6 Å². The van der Waals surface area contributed by atoms with Gasteiger partial charge in [-0.15, -0.1) is 0 Å². The fourth-order valence-corrected chi connectivity index (χ4v) is 9.53. The van der Waals surface area contributed by atoms with E-state index in [4.69, 9.17) is 13.6 Å². The molecular weight excluding hydrogens is 852 g/mol. The van der Waals surface area contributed by atoms with Gasteiger partial charge in [-0.25, -0.2) is 28.7 Å². The fourth-order valence-electron chi connectivity index (χ4n) is 8.54. The summed E-state index contributed by atoms with van der Waals surface area (Å²) < 4.78 is 32.7. The molecule has 3 heterocycles. The lowest BCUT2D eigenvalue weighted by Gasteiger charge is -2.36. The van der Waals surface area contributed by atoms with Gasteiger partial charge in [-0.1, -0.05) is 182 Å². The number of phosphoric acid groups is 1. The Bertz CT molecular complexity index is 2580. The Morgan fingerprint density at radius 3 is 1.02 bits per heavy atom. The minimum Gasteiger partial charge on any atom is -0.315 e. The highest BCUT2D eigenvalue weighted by atomic mass is 31.2. The fraction of sp³-hybridized carbons (Fsp3) is 0.125. The molecule has 3 fully saturated rings. The first-order valence-corrected chi connectivity index (χ1v) is 21.8. The van der Waals surface area contributed by atoms with Crippen LogP contribution in [-0.4, -0.2) is 70.7 Å². The smallest absolute Gasteiger partial charge is 0.315 e. The van der Waals surface area contributed by atoms with Gasteiger partial charge in [-0.05, 0) is 33.4 Å². The Kier molecular flexibility index (Phi) is 11.2. The zero-order valence-corrected chi connectivity index (χ0v) is 35.2. The van der Waals surface area contributed by atoms with Gasteiger partial charge in [0.25, 0.3) is 17.7 Å². The maximum atomic E-state index is 15.1. The van der Waals surface area contributed by atoms with Crippen molar-refractivity contribution in [3.63, 3.8) is 0 Å². The number of urea groups is 3. The zero-order chi connectivity index (χ0) is 45.2. The number of rotatable bonds is 15. The lowest BCUT2D eigenvalue weighted by molar-refractivity contribution is -0.133. The number of nitrogens with zero attached hydrogens (tertiary/aromatic N) is 3. The number of nitrogens with one attached hydrogen (secondary N) is 3. The van der Waals surface area contributed by atoms with Crippen LogP contribution in [0.3, 0.4) is 0 Å². The Balaban J connectivity index is 1.06. The van der Waals surface area contributed by atoms with Gasteiger partial charge in [0.2, 0.25) is 0 Å². The highest BCUT2D eigenvalue weighted by Gasteiger charge is 2.58. The van der Waals surface area contributed by atoms with E-state index in [0.717, 1.165) is 4.90 Å². The van der Waals surface area contributed by atoms with E-state index in [1.807, 2.05) is 0 Å². The molecule has 16 nitrogen and oxygen atoms in total. The summed E-state index contributed by atoms with van der Waals surface area (Å²) >= 11 is 0. The molecule has 0 aromatic heterocycles. The Morgan fingerprint density at radius 1 is 0.400 bits per heavy atom. The van der Waals surface area contributed by atoms with Crippen LogP contribution < -0.4 is 16.0 Å². The van der Waals surface area contributed by atoms with Gasteiger partial charge in [0, 0.05) is 0 Å². The molecule has 0 unspecified atom stereocenters. The van der Waals surface area contributed by atoms with Crippen LogP contribution in [0.15, 0.2) is 182 Å². The second kappa shape index (κ2) is 17.1. The van der Waals surface area contributed by atoms with E-state index < -0.39 is 80.4 Å². The van der Waals surface area contributed by atoms with Crippen LogP contribution in [0, 0.1) is 0 Å². The Labute approximate surface area is 372 Å². The SMILES string of the molecule is O=C1NC(c2ccccc2)(c2ccccc2)C(=O)N1COP(=O)(OCN1C(=O)NC(c2ccccc2)(c2ccccc2)C1=O)OCN1C(=O)NC(=O)C1(c1ccccc1)c1ccccc1. The molecule has 0 atom stereocenters. The highest BCUT2D eigenvalue weighted by Crippen LogP contribution is 2.52. The summed E-state index contributed by atoms with van der Waals surface area (Å²) in [4.78, 5) is 87.0. The molecule has 6 aromatic carbocycles. The molecule has 3 aliphatic rings. The Hall–Kier alpha value is -7.75. The van der Waals surface area contributed by atoms with E-state index >= 15 is 4.57 Å². The van der Waals surface area contributed by atoms with Crippen molar-refractivity contribution in [3.05, 3.63) is 215 Å². The van der Waals surface area contributed by atoms with Crippen LogP contribution in [0.2, 0.25) is 0 Å². The monoisotopic (exact) mass is 890 g/mol. The standard InChI is InChI=1S/C48H39N6O10P/c55-40-48(38-27-15-5-16-28-38,39-29-17-6-18-30-39)54(43(58)49-40)33-64-65(61,62-31-52-41(56)46(50-44(52)59,34-19-7-1-8-20-34)35-21-9-2-10-22-35)63-32-53-42(57)47(51-45(53)60,36-23-11-3-12-24-36)37-25-13-4-14-26-37/h1-30H,31-33H2,(H,50,59)(H,51,60)(H,49,55,58). The van der Waals surface area contributed by atoms with E-state index in [9.17, 15) is 28.8 Å². The molecule has 6 aromatic rings. The molecule has 3 N–H and O–H groups in total. The van der Waals surface area contributed by atoms with Crippen LogP contribution in [0.25, 0.3) is 0 Å². The molecule has 3 saturated heterocycles. The third-order valence-electron chi connectivity index (χ3n) is 11.7. The van der Waals surface area contributed by atoms with Crippen molar-refractivity contribution in [2.75, 3.05) is 20.2 Å². The van der Waals surface area contributed by atoms with Crippen molar-refractivity contribution in [1.82, 2.24) is 30.7 Å². The summed E-state index contributed by atoms with van der Waals surface area (Å²) in [5.74, 6) is -2.34. The molecule has 9 rings (SSSR count). The summed E-state index contributed by atoms with van der Waals surface area (Å²) in [5, 5.41) is 7.89. The van der Waals surface area contributed by atoms with Crippen LogP contribution in [0.5, 0.6) is 0 Å².